The quantitative estimate of drug-likeness (QED) is 0.742. The van der Waals surface area contributed by atoms with Crippen LogP contribution in [0.5, 0.6) is 0 Å². The second kappa shape index (κ2) is 5.15. The summed E-state index contributed by atoms with van der Waals surface area (Å²) in [7, 11) is 0. The normalized spacial score (nSPS) is 21.2. The molecule has 0 radical (unpaired) electrons. The van der Waals surface area contributed by atoms with Crippen molar-refractivity contribution in [1.82, 2.24) is 0 Å². The first kappa shape index (κ1) is 11.9. The highest BCUT2D eigenvalue weighted by Crippen LogP contribution is 2.40. The van der Waals surface area contributed by atoms with E-state index in [1.165, 1.54) is 0 Å². The van der Waals surface area contributed by atoms with Gasteiger partial charge in [-0.2, -0.15) is 8.78 Å². The summed E-state index contributed by atoms with van der Waals surface area (Å²) in [4.78, 5) is 0.602. The van der Waals surface area contributed by atoms with Crippen molar-refractivity contribution >= 4 is 11.8 Å². The lowest BCUT2D eigenvalue weighted by Gasteiger charge is -2.19. The first-order chi connectivity index (χ1) is 7.66. The number of halogens is 2. The van der Waals surface area contributed by atoms with Crippen LogP contribution in [0.2, 0.25) is 0 Å². The van der Waals surface area contributed by atoms with Gasteiger partial charge in [-0.3, -0.25) is 0 Å². The number of thioether (sulfide) groups is 1. The molecule has 0 amide bonds. The molecule has 88 valence electrons. The summed E-state index contributed by atoms with van der Waals surface area (Å²) in [5.74, 6) is 0. The van der Waals surface area contributed by atoms with E-state index in [4.69, 9.17) is 4.74 Å². The molecule has 0 bridgehead atoms. The molecule has 0 aromatic heterocycles. The lowest BCUT2D eigenvalue weighted by atomic mass is 10.2. The molecule has 0 aliphatic carbocycles. The van der Waals surface area contributed by atoms with E-state index in [0.717, 1.165) is 12.8 Å². The van der Waals surface area contributed by atoms with Crippen molar-refractivity contribution in [3.63, 3.8) is 0 Å². The standard InChI is InChI=1S/C12H14F2OS/c13-12(14,9-10-5-4-8-15-10)16-11-6-2-1-3-7-11/h1-3,6-7,10H,4-5,8-9H2. The van der Waals surface area contributed by atoms with E-state index in [1.54, 1.807) is 24.3 Å². The maximum absolute atomic E-state index is 13.6. The van der Waals surface area contributed by atoms with E-state index in [1.807, 2.05) is 6.07 Å². The Morgan fingerprint density at radius 1 is 1.31 bits per heavy atom. The molecule has 1 aromatic rings. The second-order valence-electron chi connectivity index (χ2n) is 3.89. The van der Waals surface area contributed by atoms with Crippen molar-refractivity contribution in [2.45, 2.75) is 35.5 Å². The smallest absolute Gasteiger partial charge is 0.300 e. The van der Waals surface area contributed by atoms with Gasteiger partial charge in [-0.05, 0) is 25.0 Å². The molecule has 0 spiro atoms. The van der Waals surface area contributed by atoms with Gasteiger partial charge < -0.3 is 4.74 Å². The number of rotatable bonds is 4. The van der Waals surface area contributed by atoms with Crippen LogP contribution < -0.4 is 0 Å². The number of benzene rings is 1. The largest absolute Gasteiger partial charge is 0.378 e. The molecule has 1 atom stereocenters. The van der Waals surface area contributed by atoms with Crippen LogP contribution in [0.3, 0.4) is 0 Å². The number of ether oxygens (including phenoxy) is 1. The lowest BCUT2D eigenvalue weighted by molar-refractivity contribution is 0.0183. The highest BCUT2D eigenvalue weighted by molar-refractivity contribution is 8.00. The van der Waals surface area contributed by atoms with Crippen LogP contribution in [0.25, 0.3) is 0 Å². The molecule has 1 aromatic carbocycles. The fourth-order valence-corrected chi connectivity index (χ4v) is 2.68. The minimum absolute atomic E-state index is 0.188. The predicted octanol–water partition coefficient (Wildman–Crippen LogP) is 3.94. The fraction of sp³-hybridized carbons (Fsp3) is 0.500. The Bertz CT molecular complexity index is 323. The van der Waals surface area contributed by atoms with Gasteiger partial charge in [-0.1, -0.05) is 30.0 Å². The molecule has 1 heterocycles. The maximum Gasteiger partial charge on any atom is 0.300 e. The molecule has 16 heavy (non-hydrogen) atoms. The van der Waals surface area contributed by atoms with Crippen LogP contribution in [-0.2, 0) is 4.74 Å². The van der Waals surface area contributed by atoms with Crippen molar-refractivity contribution in [1.29, 1.82) is 0 Å². The molecular formula is C12H14F2OS. The molecule has 1 nitrogen and oxygen atoms in total. The van der Waals surface area contributed by atoms with Gasteiger partial charge in [0.1, 0.15) is 0 Å². The van der Waals surface area contributed by atoms with E-state index < -0.39 is 5.25 Å². The number of alkyl halides is 2. The summed E-state index contributed by atoms with van der Waals surface area (Å²) >= 11 is 0.619. The molecule has 1 aliphatic heterocycles. The van der Waals surface area contributed by atoms with E-state index in [9.17, 15) is 8.78 Å². The summed E-state index contributed by atoms with van der Waals surface area (Å²) in [6.07, 6.45) is 1.19. The molecule has 1 unspecified atom stereocenters. The highest BCUT2D eigenvalue weighted by atomic mass is 32.2. The first-order valence-electron chi connectivity index (χ1n) is 5.39. The molecule has 4 heteroatoms. The Balaban J connectivity index is 1.91. The second-order valence-corrected chi connectivity index (χ2v) is 5.16. The first-order valence-corrected chi connectivity index (χ1v) is 6.21. The number of hydrogen-bond donors (Lipinski definition) is 0. The predicted molar refractivity (Wildman–Crippen MR) is 60.8 cm³/mol. The van der Waals surface area contributed by atoms with Crippen molar-refractivity contribution < 1.29 is 13.5 Å². The van der Waals surface area contributed by atoms with E-state index in [2.05, 4.69) is 0 Å². The van der Waals surface area contributed by atoms with Gasteiger partial charge >= 0.3 is 5.25 Å². The van der Waals surface area contributed by atoms with Crippen molar-refractivity contribution in [2.24, 2.45) is 0 Å². The van der Waals surface area contributed by atoms with Gasteiger partial charge in [0.25, 0.3) is 0 Å². The third-order valence-electron chi connectivity index (χ3n) is 2.50. The Morgan fingerprint density at radius 2 is 2.06 bits per heavy atom. The fourth-order valence-electron chi connectivity index (χ4n) is 1.77. The van der Waals surface area contributed by atoms with E-state index >= 15 is 0 Å². The summed E-state index contributed by atoms with van der Waals surface area (Å²) in [5.41, 5.74) is 0. The third kappa shape index (κ3) is 3.46. The zero-order valence-corrected chi connectivity index (χ0v) is 9.68. The van der Waals surface area contributed by atoms with Crippen LogP contribution in [0, 0.1) is 0 Å². The molecule has 0 saturated carbocycles. The Morgan fingerprint density at radius 3 is 2.69 bits per heavy atom. The zero-order valence-electron chi connectivity index (χ0n) is 8.86. The zero-order chi connectivity index (χ0) is 11.4. The van der Waals surface area contributed by atoms with Crippen LogP contribution >= 0.6 is 11.8 Å². The van der Waals surface area contributed by atoms with Gasteiger partial charge in [0.15, 0.2) is 0 Å². The summed E-state index contributed by atoms with van der Waals surface area (Å²) in [6, 6.07) is 8.76. The van der Waals surface area contributed by atoms with Crippen LogP contribution in [0.15, 0.2) is 35.2 Å². The minimum atomic E-state index is -2.74. The molecule has 0 N–H and O–H groups in total. The average Bonchev–Trinajstić information content (AvgIpc) is 2.70. The van der Waals surface area contributed by atoms with Crippen LogP contribution in [0.1, 0.15) is 19.3 Å². The Labute approximate surface area is 98.2 Å². The summed E-state index contributed by atoms with van der Waals surface area (Å²) in [5, 5.41) is -2.74. The van der Waals surface area contributed by atoms with Gasteiger partial charge in [-0.15, -0.1) is 0 Å². The van der Waals surface area contributed by atoms with Gasteiger partial charge in [0, 0.05) is 17.9 Å². The highest BCUT2D eigenvalue weighted by Gasteiger charge is 2.35. The van der Waals surface area contributed by atoms with Crippen molar-refractivity contribution in [3.8, 4) is 0 Å². The van der Waals surface area contributed by atoms with E-state index in [-0.39, 0.29) is 12.5 Å². The van der Waals surface area contributed by atoms with Gasteiger partial charge in [-0.25, -0.2) is 0 Å². The SMILES string of the molecule is FC(F)(CC1CCCO1)Sc1ccccc1. The molecule has 1 aliphatic rings. The van der Waals surface area contributed by atoms with Crippen LogP contribution in [0.4, 0.5) is 8.78 Å². The average molecular weight is 244 g/mol. The topological polar surface area (TPSA) is 9.23 Å². The molecule has 1 saturated heterocycles. The molecule has 2 rings (SSSR count). The van der Waals surface area contributed by atoms with Crippen molar-refractivity contribution in [3.05, 3.63) is 30.3 Å². The van der Waals surface area contributed by atoms with Gasteiger partial charge in [0.2, 0.25) is 0 Å². The Hall–Kier alpha value is -0.610. The third-order valence-corrected chi connectivity index (χ3v) is 3.47. The Kier molecular flexibility index (Phi) is 3.82. The van der Waals surface area contributed by atoms with Crippen LogP contribution in [-0.4, -0.2) is 18.0 Å². The molecule has 1 fully saturated rings. The monoisotopic (exact) mass is 244 g/mol. The van der Waals surface area contributed by atoms with Gasteiger partial charge in [0.05, 0.1) is 6.10 Å². The molecular weight excluding hydrogens is 230 g/mol. The van der Waals surface area contributed by atoms with Crippen molar-refractivity contribution in [2.75, 3.05) is 6.61 Å². The maximum atomic E-state index is 13.6. The number of hydrogen-bond acceptors (Lipinski definition) is 2. The minimum Gasteiger partial charge on any atom is -0.378 e. The summed E-state index contributed by atoms with van der Waals surface area (Å²) in [6.45, 7) is 0.622. The summed E-state index contributed by atoms with van der Waals surface area (Å²) < 4.78 is 32.5. The van der Waals surface area contributed by atoms with E-state index in [0.29, 0.717) is 23.3 Å². The lowest BCUT2D eigenvalue weighted by Crippen LogP contribution is -2.20.